The summed E-state index contributed by atoms with van der Waals surface area (Å²) in [7, 11) is -3.71. The fourth-order valence-electron chi connectivity index (χ4n) is 1.79. The highest BCUT2D eigenvalue weighted by Gasteiger charge is 2.25. The molecule has 0 bridgehead atoms. The number of ether oxygens (including phenoxy) is 1. The number of likely N-dealkylation sites (N-methyl/N-ethyl adjacent to an activating group) is 1. The fraction of sp³-hybridized carbons (Fsp3) is 0.400. The Labute approximate surface area is 131 Å². The lowest BCUT2D eigenvalue weighted by Crippen LogP contribution is -2.40. The number of carbonyl (C=O) groups excluding carboxylic acids is 1. The molecule has 0 radical (unpaired) electrons. The van der Waals surface area contributed by atoms with Crippen LogP contribution in [0.3, 0.4) is 0 Å². The van der Waals surface area contributed by atoms with Gasteiger partial charge in [0.2, 0.25) is 15.9 Å². The third kappa shape index (κ3) is 4.85. The number of sulfonamides is 1. The predicted molar refractivity (Wildman–Crippen MR) is 85.3 cm³/mol. The Kier molecular flexibility index (Phi) is 7.07. The second-order valence-corrected chi connectivity index (χ2v) is 6.37. The average Bonchev–Trinajstić information content (AvgIpc) is 2.51. The molecule has 0 saturated carbocycles. The van der Waals surface area contributed by atoms with Crippen molar-refractivity contribution in [2.24, 2.45) is 0 Å². The van der Waals surface area contributed by atoms with Crippen LogP contribution in [0.25, 0.3) is 0 Å². The van der Waals surface area contributed by atoms with Crippen molar-refractivity contribution < 1.29 is 17.9 Å². The molecule has 1 amide bonds. The summed E-state index contributed by atoms with van der Waals surface area (Å²) in [5.41, 5.74) is 0. The van der Waals surface area contributed by atoms with Gasteiger partial charge >= 0.3 is 0 Å². The van der Waals surface area contributed by atoms with Crippen LogP contribution in [-0.4, -0.2) is 44.9 Å². The van der Waals surface area contributed by atoms with Crippen LogP contribution in [0.15, 0.2) is 41.8 Å². The smallest absolute Gasteiger partial charge is 0.243 e. The first kappa shape index (κ1) is 18.2. The van der Waals surface area contributed by atoms with Gasteiger partial charge in [-0.1, -0.05) is 13.0 Å². The van der Waals surface area contributed by atoms with E-state index < -0.39 is 10.0 Å². The van der Waals surface area contributed by atoms with Crippen LogP contribution in [0.2, 0.25) is 0 Å². The third-order valence-electron chi connectivity index (χ3n) is 2.89. The lowest BCUT2D eigenvalue weighted by Gasteiger charge is -2.20. The lowest BCUT2D eigenvalue weighted by atomic mass is 10.3. The molecule has 0 heterocycles. The maximum Gasteiger partial charge on any atom is 0.243 e. The van der Waals surface area contributed by atoms with E-state index in [4.69, 9.17) is 4.74 Å². The zero-order valence-electron chi connectivity index (χ0n) is 12.9. The van der Waals surface area contributed by atoms with E-state index in [1.807, 2.05) is 6.92 Å². The number of amides is 1. The van der Waals surface area contributed by atoms with Crippen molar-refractivity contribution in [1.82, 2.24) is 9.62 Å². The summed E-state index contributed by atoms with van der Waals surface area (Å²) in [4.78, 5) is 11.8. The molecule has 0 unspecified atom stereocenters. The van der Waals surface area contributed by atoms with E-state index in [0.29, 0.717) is 18.9 Å². The Hall–Kier alpha value is -1.86. The average molecular weight is 326 g/mol. The van der Waals surface area contributed by atoms with Gasteiger partial charge in [-0.05, 0) is 31.2 Å². The normalized spacial score (nSPS) is 11.2. The van der Waals surface area contributed by atoms with Gasteiger partial charge < -0.3 is 10.1 Å². The summed E-state index contributed by atoms with van der Waals surface area (Å²) in [6.45, 7) is 7.83. The summed E-state index contributed by atoms with van der Waals surface area (Å²) in [6.07, 6.45) is 1.54. The van der Waals surface area contributed by atoms with Gasteiger partial charge in [-0.15, -0.1) is 6.58 Å². The molecule has 0 aliphatic heterocycles. The number of nitrogens with zero attached hydrogens (tertiary/aromatic N) is 1. The Morgan fingerprint density at radius 2 is 1.95 bits per heavy atom. The van der Waals surface area contributed by atoms with Crippen LogP contribution in [0.4, 0.5) is 0 Å². The molecular weight excluding hydrogens is 304 g/mol. The Bertz CT molecular complexity index is 596. The molecule has 0 fully saturated rings. The van der Waals surface area contributed by atoms with Crippen molar-refractivity contribution in [2.75, 3.05) is 26.2 Å². The quantitative estimate of drug-likeness (QED) is 0.696. The van der Waals surface area contributed by atoms with Gasteiger partial charge in [0, 0.05) is 13.1 Å². The van der Waals surface area contributed by atoms with Crippen molar-refractivity contribution in [3.63, 3.8) is 0 Å². The molecular formula is C15H22N2O4S. The molecule has 1 N–H and O–H groups in total. The first-order valence-electron chi connectivity index (χ1n) is 7.06. The van der Waals surface area contributed by atoms with Gasteiger partial charge in [0.15, 0.2) is 0 Å². The predicted octanol–water partition coefficient (Wildman–Crippen LogP) is 1.40. The summed E-state index contributed by atoms with van der Waals surface area (Å²) in [6, 6.07) is 6.15. The molecule has 122 valence electrons. The lowest BCUT2D eigenvalue weighted by molar-refractivity contribution is -0.121. The molecule has 0 aliphatic rings. The van der Waals surface area contributed by atoms with E-state index in [-0.39, 0.29) is 23.9 Å². The minimum Gasteiger partial charge on any atom is -0.494 e. The number of nitrogens with one attached hydrogen (secondary N) is 1. The number of carbonyl (C=O) groups is 1. The molecule has 1 rings (SSSR count). The molecule has 0 saturated heterocycles. The van der Waals surface area contributed by atoms with Crippen LogP contribution < -0.4 is 10.1 Å². The fourth-order valence-corrected chi connectivity index (χ4v) is 3.20. The third-order valence-corrected chi connectivity index (χ3v) is 4.82. The summed E-state index contributed by atoms with van der Waals surface area (Å²) in [5.74, 6) is 0.240. The molecule has 1 aromatic carbocycles. The van der Waals surface area contributed by atoms with E-state index in [2.05, 4.69) is 11.9 Å². The van der Waals surface area contributed by atoms with Crippen LogP contribution >= 0.6 is 0 Å². The van der Waals surface area contributed by atoms with E-state index in [1.54, 1.807) is 19.1 Å². The monoisotopic (exact) mass is 326 g/mol. The molecule has 0 atom stereocenters. The maximum atomic E-state index is 12.5. The summed E-state index contributed by atoms with van der Waals surface area (Å²) >= 11 is 0. The zero-order valence-corrected chi connectivity index (χ0v) is 13.7. The van der Waals surface area contributed by atoms with Crippen LogP contribution in [0.1, 0.15) is 13.8 Å². The standard InChI is InChI=1S/C15H22N2O4S/c1-4-11-16-15(18)12-17(5-2)22(19,20)14-9-7-13(8-10-14)21-6-3/h4,7-10H,1,5-6,11-12H2,2-3H3,(H,16,18). The molecule has 0 aromatic heterocycles. The molecule has 0 spiro atoms. The summed E-state index contributed by atoms with van der Waals surface area (Å²) < 4.78 is 31.5. The largest absolute Gasteiger partial charge is 0.494 e. The second kappa shape index (κ2) is 8.55. The summed E-state index contributed by atoms with van der Waals surface area (Å²) in [5, 5.41) is 2.56. The van der Waals surface area contributed by atoms with Gasteiger partial charge in [-0.3, -0.25) is 4.79 Å². The van der Waals surface area contributed by atoms with Crippen LogP contribution in [-0.2, 0) is 14.8 Å². The highest BCUT2D eigenvalue weighted by atomic mass is 32.2. The maximum absolute atomic E-state index is 12.5. The van der Waals surface area contributed by atoms with Gasteiger partial charge in [0.25, 0.3) is 0 Å². The Morgan fingerprint density at radius 1 is 1.32 bits per heavy atom. The van der Waals surface area contributed by atoms with E-state index in [9.17, 15) is 13.2 Å². The van der Waals surface area contributed by atoms with Gasteiger partial charge in [0.1, 0.15) is 5.75 Å². The number of hydrogen-bond acceptors (Lipinski definition) is 4. The van der Waals surface area contributed by atoms with Gasteiger partial charge in [-0.2, -0.15) is 4.31 Å². The van der Waals surface area contributed by atoms with Crippen molar-refractivity contribution in [3.05, 3.63) is 36.9 Å². The van der Waals surface area contributed by atoms with Gasteiger partial charge in [0.05, 0.1) is 18.0 Å². The van der Waals surface area contributed by atoms with Crippen LogP contribution in [0.5, 0.6) is 5.75 Å². The first-order valence-corrected chi connectivity index (χ1v) is 8.50. The SMILES string of the molecule is C=CCNC(=O)CN(CC)S(=O)(=O)c1ccc(OCC)cc1. The van der Waals surface area contributed by atoms with Crippen molar-refractivity contribution >= 4 is 15.9 Å². The Morgan fingerprint density at radius 3 is 2.45 bits per heavy atom. The second-order valence-electron chi connectivity index (χ2n) is 4.43. The number of benzene rings is 1. The minimum absolute atomic E-state index is 0.134. The first-order chi connectivity index (χ1) is 10.5. The molecule has 6 nitrogen and oxygen atoms in total. The zero-order chi connectivity index (χ0) is 16.6. The van der Waals surface area contributed by atoms with E-state index >= 15 is 0 Å². The Balaban J connectivity index is 2.88. The van der Waals surface area contributed by atoms with E-state index in [0.717, 1.165) is 4.31 Å². The minimum atomic E-state index is -3.71. The van der Waals surface area contributed by atoms with Crippen molar-refractivity contribution in [2.45, 2.75) is 18.7 Å². The van der Waals surface area contributed by atoms with E-state index in [1.165, 1.54) is 18.2 Å². The number of rotatable bonds is 9. The highest BCUT2D eigenvalue weighted by Crippen LogP contribution is 2.19. The molecule has 22 heavy (non-hydrogen) atoms. The highest BCUT2D eigenvalue weighted by molar-refractivity contribution is 7.89. The molecule has 1 aromatic rings. The van der Waals surface area contributed by atoms with Gasteiger partial charge in [-0.25, -0.2) is 8.42 Å². The molecule has 7 heteroatoms. The number of hydrogen-bond donors (Lipinski definition) is 1. The topological polar surface area (TPSA) is 75.7 Å². The molecule has 0 aliphatic carbocycles. The van der Waals surface area contributed by atoms with Crippen LogP contribution in [0, 0.1) is 0 Å². The van der Waals surface area contributed by atoms with Crippen molar-refractivity contribution in [3.8, 4) is 5.75 Å². The van der Waals surface area contributed by atoms with Crippen molar-refractivity contribution in [1.29, 1.82) is 0 Å².